The molecule has 106 valence electrons. The molecular formula is C14H11Cl2N5. The van der Waals surface area contributed by atoms with Crippen molar-refractivity contribution in [3.63, 3.8) is 0 Å². The van der Waals surface area contributed by atoms with Gasteiger partial charge in [0.1, 0.15) is 0 Å². The van der Waals surface area contributed by atoms with Crippen LogP contribution in [0.25, 0.3) is 17.1 Å². The maximum absolute atomic E-state index is 6.04. The van der Waals surface area contributed by atoms with E-state index in [1.165, 1.54) is 0 Å². The van der Waals surface area contributed by atoms with Crippen molar-refractivity contribution in [2.75, 3.05) is 5.73 Å². The maximum Gasteiger partial charge on any atom is 0.187 e. The number of aromatic nitrogens is 4. The molecule has 2 N–H and O–H groups in total. The van der Waals surface area contributed by atoms with E-state index in [0.717, 1.165) is 22.5 Å². The minimum absolute atomic E-state index is 0.448. The molecule has 0 saturated carbocycles. The number of hydrogen-bond acceptors (Lipinski definition) is 4. The first kappa shape index (κ1) is 13.9. The molecule has 2 aromatic carbocycles. The Morgan fingerprint density at radius 2 is 1.86 bits per heavy atom. The lowest BCUT2D eigenvalue weighted by atomic mass is 10.1. The second-order valence-corrected chi connectivity index (χ2v) is 5.40. The summed E-state index contributed by atoms with van der Waals surface area (Å²) >= 11 is 12.0. The largest absolute Gasteiger partial charge is 0.399 e. The van der Waals surface area contributed by atoms with Gasteiger partial charge in [-0.05, 0) is 59.3 Å². The van der Waals surface area contributed by atoms with Gasteiger partial charge in [-0.15, -0.1) is 5.10 Å². The summed E-state index contributed by atoms with van der Waals surface area (Å²) in [6.07, 6.45) is 0. The van der Waals surface area contributed by atoms with Gasteiger partial charge >= 0.3 is 0 Å². The van der Waals surface area contributed by atoms with E-state index < -0.39 is 0 Å². The summed E-state index contributed by atoms with van der Waals surface area (Å²) in [6.45, 7) is 1.94. The normalized spacial score (nSPS) is 10.8. The standard InChI is InChI=1S/C14H11Cl2N5/c1-8-6-9(2-5-13(8)17)14-18-19-20-21(14)10-3-4-11(15)12(16)7-10/h2-7H,17H2,1H3. The SMILES string of the molecule is Cc1cc(-c2nnnn2-c2ccc(Cl)c(Cl)c2)ccc1N. The summed E-state index contributed by atoms with van der Waals surface area (Å²) in [5, 5.41) is 12.7. The Morgan fingerprint density at radius 3 is 2.57 bits per heavy atom. The fourth-order valence-corrected chi connectivity index (χ4v) is 2.26. The zero-order valence-corrected chi connectivity index (χ0v) is 12.6. The van der Waals surface area contributed by atoms with Gasteiger partial charge in [0.2, 0.25) is 0 Å². The van der Waals surface area contributed by atoms with E-state index in [2.05, 4.69) is 15.5 Å². The average Bonchev–Trinajstić information content (AvgIpc) is 2.94. The number of nitrogens with two attached hydrogens (primary N) is 1. The molecule has 0 bridgehead atoms. The number of benzene rings is 2. The van der Waals surface area contributed by atoms with Crippen molar-refractivity contribution in [3.05, 3.63) is 52.0 Å². The molecule has 3 aromatic rings. The highest BCUT2D eigenvalue weighted by molar-refractivity contribution is 6.42. The lowest BCUT2D eigenvalue weighted by molar-refractivity contribution is 0.791. The van der Waals surface area contributed by atoms with E-state index in [-0.39, 0.29) is 0 Å². The predicted molar refractivity (Wildman–Crippen MR) is 83.8 cm³/mol. The van der Waals surface area contributed by atoms with Crippen LogP contribution < -0.4 is 5.73 Å². The summed E-state index contributed by atoms with van der Waals surface area (Å²) in [5.74, 6) is 0.608. The molecule has 7 heteroatoms. The Hall–Kier alpha value is -2.11. The van der Waals surface area contributed by atoms with Crippen LogP contribution in [0.2, 0.25) is 10.0 Å². The van der Waals surface area contributed by atoms with Crippen molar-refractivity contribution in [2.24, 2.45) is 0 Å². The third-order valence-corrected chi connectivity index (χ3v) is 3.88. The number of anilines is 1. The Kier molecular flexibility index (Phi) is 3.53. The van der Waals surface area contributed by atoms with Crippen LogP contribution in [0.4, 0.5) is 5.69 Å². The molecule has 5 nitrogen and oxygen atoms in total. The highest BCUT2D eigenvalue weighted by atomic mass is 35.5. The number of halogens is 2. The van der Waals surface area contributed by atoms with Gasteiger partial charge in [0.05, 0.1) is 15.7 Å². The summed E-state index contributed by atoms with van der Waals surface area (Å²) in [5.41, 5.74) is 9.14. The molecule has 0 aliphatic rings. The van der Waals surface area contributed by atoms with Crippen molar-refractivity contribution in [1.82, 2.24) is 20.2 Å². The van der Waals surface area contributed by atoms with Crippen molar-refractivity contribution in [1.29, 1.82) is 0 Å². The van der Waals surface area contributed by atoms with Crippen LogP contribution >= 0.6 is 23.2 Å². The molecule has 21 heavy (non-hydrogen) atoms. The first-order valence-corrected chi connectivity index (χ1v) is 6.92. The quantitative estimate of drug-likeness (QED) is 0.733. The zero-order chi connectivity index (χ0) is 15.0. The highest BCUT2D eigenvalue weighted by Gasteiger charge is 2.12. The molecule has 1 aromatic heterocycles. The van der Waals surface area contributed by atoms with Gasteiger partial charge in [-0.1, -0.05) is 23.2 Å². The van der Waals surface area contributed by atoms with Crippen LogP contribution in [0.1, 0.15) is 5.56 Å². The smallest absolute Gasteiger partial charge is 0.187 e. The number of tetrazole rings is 1. The van der Waals surface area contributed by atoms with Crippen molar-refractivity contribution in [2.45, 2.75) is 6.92 Å². The van der Waals surface area contributed by atoms with E-state index in [1.54, 1.807) is 22.9 Å². The molecule has 0 aliphatic carbocycles. The fourth-order valence-electron chi connectivity index (χ4n) is 1.97. The number of rotatable bonds is 2. The van der Waals surface area contributed by atoms with Crippen LogP contribution in [0.3, 0.4) is 0 Å². The highest BCUT2D eigenvalue weighted by Crippen LogP contribution is 2.27. The minimum atomic E-state index is 0.448. The fraction of sp³-hybridized carbons (Fsp3) is 0.0714. The lowest BCUT2D eigenvalue weighted by Crippen LogP contribution is -2.00. The second kappa shape index (κ2) is 5.35. The van der Waals surface area contributed by atoms with Gasteiger partial charge < -0.3 is 5.73 Å². The van der Waals surface area contributed by atoms with E-state index in [0.29, 0.717) is 15.9 Å². The Bertz CT molecular complexity index is 747. The number of aryl methyl sites for hydroxylation is 1. The van der Waals surface area contributed by atoms with Crippen LogP contribution in [0, 0.1) is 6.92 Å². The summed E-state index contributed by atoms with van der Waals surface area (Å²) < 4.78 is 1.60. The monoisotopic (exact) mass is 319 g/mol. The predicted octanol–water partition coefficient (Wildman–Crippen LogP) is 3.53. The number of nitrogen functional groups attached to an aromatic ring is 1. The third-order valence-electron chi connectivity index (χ3n) is 3.15. The summed E-state index contributed by atoms with van der Waals surface area (Å²) in [4.78, 5) is 0. The molecule has 0 saturated heterocycles. The molecule has 1 heterocycles. The molecular weight excluding hydrogens is 309 g/mol. The molecule has 0 fully saturated rings. The number of nitrogens with zero attached hydrogens (tertiary/aromatic N) is 4. The minimum Gasteiger partial charge on any atom is -0.399 e. The average molecular weight is 320 g/mol. The molecule has 0 spiro atoms. The molecule has 0 radical (unpaired) electrons. The topological polar surface area (TPSA) is 69.6 Å². The van der Waals surface area contributed by atoms with Gasteiger partial charge in [0.25, 0.3) is 0 Å². The first-order chi connectivity index (χ1) is 10.1. The molecule has 0 amide bonds. The van der Waals surface area contributed by atoms with Crippen LogP contribution in [-0.2, 0) is 0 Å². The van der Waals surface area contributed by atoms with Crippen LogP contribution in [0.15, 0.2) is 36.4 Å². The zero-order valence-electron chi connectivity index (χ0n) is 11.1. The Balaban J connectivity index is 2.12. The molecule has 0 aliphatic heterocycles. The maximum atomic E-state index is 6.04. The third kappa shape index (κ3) is 2.57. The molecule has 0 atom stereocenters. The lowest BCUT2D eigenvalue weighted by Gasteiger charge is -2.07. The van der Waals surface area contributed by atoms with Crippen molar-refractivity contribution in [3.8, 4) is 17.1 Å². The summed E-state index contributed by atoms with van der Waals surface area (Å²) in [7, 11) is 0. The molecule has 3 rings (SSSR count). The number of hydrogen-bond donors (Lipinski definition) is 1. The van der Waals surface area contributed by atoms with E-state index in [4.69, 9.17) is 28.9 Å². The van der Waals surface area contributed by atoms with Gasteiger partial charge in [-0.2, -0.15) is 4.68 Å². The van der Waals surface area contributed by atoms with E-state index >= 15 is 0 Å². The Morgan fingerprint density at radius 1 is 1.05 bits per heavy atom. The van der Waals surface area contributed by atoms with Crippen molar-refractivity contribution >= 4 is 28.9 Å². The molecule has 0 unspecified atom stereocenters. The Labute approximate surface area is 131 Å². The van der Waals surface area contributed by atoms with E-state index in [1.807, 2.05) is 25.1 Å². The van der Waals surface area contributed by atoms with Gasteiger partial charge in [0, 0.05) is 11.3 Å². The summed E-state index contributed by atoms with van der Waals surface area (Å²) in [6, 6.07) is 10.9. The van der Waals surface area contributed by atoms with E-state index in [9.17, 15) is 0 Å². The van der Waals surface area contributed by atoms with Crippen LogP contribution in [0.5, 0.6) is 0 Å². The van der Waals surface area contributed by atoms with Crippen LogP contribution in [-0.4, -0.2) is 20.2 Å². The van der Waals surface area contributed by atoms with Gasteiger partial charge in [-0.3, -0.25) is 0 Å². The second-order valence-electron chi connectivity index (χ2n) is 4.58. The van der Waals surface area contributed by atoms with Gasteiger partial charge in [0.15, 0.2) is 5.82 Å². The van der Waals surface area contributed by atoms with Gasteiger partial charge in [-0.25, -0.2) is 0 Å². The first-order valence-electron chi connectivity index (χ1n) is 6.16. The van der Waals surface area contributed by atoms with Crippen molar-refractivity contribution < 1.29 is 0 Å².